The Labute approximate surface area is 64.3 Å². The van der Waals surface area contributed by atoms with Crippen LogP contribution < -0.4 is 5.32 Å². The molecule has 5 heteroatoms. The highest BCUT2D eigenvalue weighted by Gasteiger charge is 2.20. The highest BCUT2D eigenvalue weighted by Crippen LogP contribution is 2.00. The number of hydrogen-bond donors (Lipinski definition) is 2. The van der Waals surface area contributed by atoms with Crippen LogP contribution in [0.5, 0.6) is 0 Å². The molecule has 1 heterocycles. The lowest BCUT2D eigenvalue weighted by molar-refractivity contribution is -0.147. The fourth-order valence-corrected chi connectivity index (χ4v) is 0.876. The second kappa shape index (κ2) is 4.27. The SMILES string of the molecule is O=COC1COC(CO)CN1. The molecular formula is C6H11NO4. The Morgan fingerprint density at radius 3 is 3.09 bits per heavy atom. The van der Waals surface area contributed by atoms with Crippen LogP contribution in [0.3, 0.4) is 0 Å². The van der Waals surface area contributed by atoms with E-state index in [0.717, 1.165) is 0 Å². The molecule has 5 nitrogen and oxygen atoms in total. The molecule has 1 fully saturated rings. The lowest BCUT2D eigenvalue weighted by Crippen LogP contribution is -2.48. The van der Waals surface area contributed by atoms with Gasteiger partial charge in [0.1, 0.15) is 0 Å². The monoisotopic (exact) mass is 161 g/mol. The molecule has 0 bridgehead atoms. The number of carbonyl (C=O) groups is 1. The summed E-state index contributed by atoms with van der Waals surface area (Å²) in [6.07, 6.45) is -0.545. The van der Waals surface area contributed by atoms with Crippen LogP contribution in [0.1, 0.15) is 0 Å². The van der Waals surface area contributed by atoms with Gasteiger partial charge in [-0.3, -0.25) is 10.1 Å². The normalized spacial score (nSPS) is 31.4. The molecule has 2 N–H and O–H groups in total. The zero-order chi connectivity index (χ0) is 8.10. The molecule has 0 radical (unpaired) electrons. The van der Waals surface area contributed by atoms with Crippen LogP contribution in [0.25, 0.3) is 0 Å². The van der Waals surface area contributed by atoms with Crippen molar-refractivity contribution in [2.24, 2.45) is 0 Å². The molecule has 0 spiro atoms. The number of morpholine rings is 1. The lowest BCUT2D eigenvalue weighted by atomic mass is 10.3. The number of ether oxygens (including phenoxy) is 2. The Morgan fingerprint density at radius 2 is 2.64 bits per heavy atom. The number of carbonyl (C=O) groups excluding carboxylic acids is 1. The molecule has 0 aromatic heterocycles. The summed E-state index contributed by atoms with van der Waals surface area (Å²) in [7, 11) is 0. The van der Waals surface area contributed by atoms with E-state index in [-0.39, 0.29) is 18.9 Å². The van der Waals surface area contributed by atoms with Crippen LogP contribution in [0.15, 0.2) is 0 Å². The molecule has 2 unspecified atom stereocenters. The lowest BCUT2D eigenvalue weighted by Gasteiger charge is -2.27. The maximum atomic E-state index is 9.86. The van der Waals surface area contributed by atoms with Gasteiger partial charge in [-0.1, -0.05) is 0 Å². The van der Waals surface area contributed by atoms with Gasteiger partial charge in [-0.2, -0.15) is 0 Å². The molecule has 1 aliphatic rings. The first-order chi connectivity index (χ1) is 5.36. The van der Waals surface area contributed by atoms with Crippen LogP contribution in [-0.2, 0) is 14.3 Å². The molecule has 0 saturated carbocycles. The van der Waals surface area contributed by atoms with Gasteiger partial charge in [0.2, 0.25) is 0 Å². The standard InChI is InChI=1S/C6H11NO4/c8-2-5-1-7-6(3-10-5)11-4-9/h4-8H,1-3H2. The van der Waals surface area contributed by atoms with E-state index in [2.05, 4.69) is 10.1 Å². The average molecular weight is 161 g/mol. The van der Waals surface area contributed by atoms with Crippen molar-refractivity contribution in [3.8, 4) is 0 Å². The van der Waals surface area contributed by atoms with E-state index in [1.807, 2.05) is 0 Å². The molecule has 0 aromatic rings. The first-order valence-corrected chi connectivity index (χ1v) is 3.41. The van der Waals surface area contributed by atoms with Gasteiger partial charge in [-0.25, -0.2) is 0 Å². The molecule has 2 atom stereocenters. The van der Waals surface area contributed by atoms with E-state index in [4.69, 9.17) is 9.84 Å². The Morgan fingerprint density at radius 1 is 1.82 bits per heavy atom. The van der Waals surface area contributed by atoms with Crippen molar-refractivity contribution in [3.05, 3.63) is 0 Å². The summed E-state index contributed by atoms with van der Waals surface area (Å²) in [6, 6.07) is 0. The van der Waals surface area contributed by atoms with Gasteiger partial charge in [-0.05, 0) is 0 Å². The summed E-state index contributed by atoms with van der Waals surface area (Å²) in [5.74, 6) is 0. The van der Waals surface area contributed by atoms with Crippen molar-refractivity contribution in [2.45, 2.75) is 12.3 Å². The molecule has 0 aromatic carbocycles. The van der Waals surface area contributed by atoms with Crippen molar-refractivity contribution < 1.29 is 19.4 Å². The second-order valence-electron chi connectivity index (χ2n) is 2.27. The average Bonchev–Trinajstić information content (AvgIpc) is 2.07. The van der Waals surface area contributed by atoms with Crippen molar-refractivity contribution in [3.63, 3.8) is 0 Å². The molecule has 11 heavy (non-hydrogen) atoms. The number of nitrogens with one attached hydrogen (secondary N) is 1. The van der Waals surface area contributed by atoms with Gasteiger partial charge in [0.15, 0.2) is 6.23 Å². The zero-order valence-corrected chi connectivity index (χ0v) is 6.03. The van der Waals surface area contributed by atoms with Crippen LogP contribution in [0, 0.1) is 0 Å². The molecule has 0 amide bonds. The van der Waals surface area contributed by atoms with E-state index in [1.54, 1.807) is 0 Å². The van der Waals surface area contributed by atoms with E-state index in [1.165, 1.54) is 0 Å². The van der Waals surface area contributed by atoms with Gasteiger partial charge in [0, 0.05) is 6.54 Å². The molecule has 1 aliphatic heterocycles. The van der Waals surface area contributed by atoms with Gasteiger partial charge in [0.05, 0.1) is 19.3 Å². The second-order valence-corrected chi connectivity index (χ2v) is 2.27. The molecule has 64 valence electrons. The summed E-state index contributed by atoms with van der Waals surface area (Å²) in [5, 5.41) is 11.5. The largest absolute Gasteiger partial charge is 0.446 e. The van der Waals surface area contributed by atoms with Crippen molar-refractivity contribution in [1.82, 2.24) is 5.32 Å². The van der Waals surface area contributed by atoms with E-state index >= 15 is 0 Å². The van der Waals surface area contributed by atoms with Crippen molar-refractivity contribution >= 4 is 6.47 Å². The van der Waals surface area contributed by atoms with Gasteiger partial charge in [-0.15, -0.1) is 0 Å². The quantitative estimate of drug-likeness (QED) is 0.491. The summed E-state index contributed by atoms with van der Waals surface area (Å²) < 4.78 is 9.67. The predicted octanol–water partition coefficient (Wildman–Crippen LogP) is -1.53. The predicted molar refractivity (Wildman–Crippen MR) is 35.8 cm³/mol. The molecule has 1 saturated heterocycles. The number of rotatable bonds is 3. The van der Waals surface area contributed by atoms with Crippen LogP contribution in [-0.4, -0.2) is 43.7 Å². The van der Waals surface area contributed by atoms with Crippen molar-refractivity contribution in [2.75, 3.05) is 19.8 Å². The third kappa shape index (κ3) is 2.45. The van der Waals surface area contributed by atoms with Crippen LogP contribution in [0.4, 0.5) is 0 Å². The van der Waals surface area contributed by atoms with E-state index in [9.17, 15) is 4.79 Å². The topological polar surface area (TPSA) is 67.8 Å². The summed E-state index contributed by atoms with van der Waals surface area (Å²) in [6.45, 7) is 1.17. The molecular weight excluding hydrogens is 150 g/mol. The molecule has 0 aliphatic carbocycles. The van der Waals surface area contributed by atoms with E-state index in [0.29, 0.717) is 19.6 Å². The van der Waals surface area contributed by atoms with Gasteiger partial charge >= 0.3 is 0 Å². The minimum Gasteiger partial charge on any atom is -0.446 e. The summed E-state index contributed by atoms with van der Waals surface area (Å²) >= 11 is 0. The third-order valence-electron chi connectivity index (χ3n) is 1.48. The van der Waals surface area contributed by atoms with Crippen LogP contribution in [0.2, 0.25) is 0 Å². The Kier molecular flexibility index (Phi) is 3.28. The summed E-state index contributed by atoms with van der Waals surface area (Å²) in [4.78, 5) is 9.86. The fourth-order valence-electron chi connectivity index (χ4n) is 0.876. The fraction of sp³-hybridized carbons (Fsp3) is 0.833. The summed E-state index contributed by atoms with van der Waals surface area (Å²) in [5.41, 5.74) is 0. The number of aliphatic hydroxyl groups excluding tert-OH is 1. The highest BCUT2D eigenvalue weighted by molar-refractivity contribution is 5.37. The molecule has 1 rings (SSSR count). The maximum Gasteiger partial charge on any atom is 0.294 e. The Bertz CT molecular complexity index is 122. The minimum atomic E-state index is -0.365. The maximum absolute atomic E-state index is 9.86. The Hall–Kier alpha value is -0.650. The smallest absolute Gasteiger partial charge is 0.294 e. The third-order valence-corrected chi connectivity index (χ3v) is 1.48. The van der Waals surface area contributed by atoms with Crippen LogP contribution >= 0.6 is 0 Å². The highest BCUT2D eigenvalue weighted by atomic mass is 16.6. The minimum absolute atomic E-state index is 0.0131. The first-order valence-electron chi connectivity index (χ1n) is 3.41. The number of aliphatic hydroxyl groups is 1. The zero-order valence-electron chi connectivity index (χ0n) is 6.03. The van der Waals surface area contributed by atoms with Gasteiger partial charge in [0.25, 0.3) is 6.47 Å². The number of hydrogen-bond acceptors (Lipinski definition) is 5. The first kappa shape index (κ1) is 8.45. The van der Waals surface area contributed by atoms with Gasteiger partial charge < -0.3 is 14.6 Å². The Balaban J connectivity index is 2.18. The van der Waals surface area contributed by atoms with E-state index < -0.39 is 0 Å². The van der Waals surface area contributed by atoms with Crippen molar-refractivity contribution in [1.29, 1.82) is 0 Å².